The van der Waals surface area contributed by atoms with Gasteiger partial charge in [0.25, 0.3) is 7.82 Å². The van der Waals surface area contributed by atoms with Crippen LogP contribution in [-0.4, -0.2) is 70.7 Å². The maximum atomic E-state index is 12.8. The molecule has 0 fully saturated rings. The van der Waals surface area contributed by atoms with Gasteiger partial charge in [-0.15, -0.1) is 0 Å². The lowest BCUT2D eigenvalue weighted by Gasteiger charge is -2.28. The molecule has 0 aliphatic rings. The highest BCUT2D eigenvalue weighted by molar-refractivity contribution is 7.45. The van der Waals surface area contributed by atoms with Crippen LogP contribution in [-0.2, 0) is 27.9 Å². The van der Waals surface area contributed by atoms with Crippen molar-refractivity contribution < 1.29 is 37.3 Å². The summed E-state index contributed by atoms with van der Waals surface area (Å²) in [5, 5.41) is 0. The van der Waals surface area contributed by atoms with E-state index >= 15 is 0 Å². The number of phosphoric acid groups is 1. The molecule has 0 amide bonds. The number of carbonyl (C=O) groups is 1. The van der Waals surface area contributed by atoms with E-state index in [4.69, 9.17) is 18.5 Å². The normalized spacial score (nSPS) is 13.7. The van der Waals surface area contributed by atoms with Gasteiger partial charge in [0.05, 0.1) is 34.4 Å². The molecule has 0 saturated heterocycles. The Bertz CT molecular complexity index is 1280. The van der Waals surface area contributed by atoms with E-state index in [-0.39, 0.29) is 25.8 Å². The number of hydrogen-bond acceptors (Lipinski definition) is 7. The van der Waals surface area contributed by atoms with Gasteiger partial charge in [0, 0.05) is 13.0 Å². The first kappa shape index (κ1) is 69.5. The summed E-state index contributed by atoms with van der Waals surface area (Å²) in [7, 11) is 1.36. The van der Waals surface area contributed by atoms with Crippen LogP contribution in [0.1, 0.15) is 284 Å². The Balaban J connectivity index is 4.02. The highest BCUT2D eigenvalue weighted by Crippen LogP contribution is 2.38. The number of quaternary nitrogens is 1. The fourth-order valence-electron chi connectivity index (χ4n) is 8.78. The second-order valence-electron chi connectivity index (χ2n) is 21.7. The molecule has 0 aromatic carbocycles. The van der Waals surface area contributed by atoms with Crippen LogP contribution in [0.25, 0.3) is 0 Å². The van der Waals surface area contributed by atoms with E-state index in [0.717, 1.165) is 57.8 Å². The molecule has 0 spiro atoms. The smallest absolute Gasteiger partial charge is 0.306 e. The van der Waals surface area contributed by atoms with E-state index in [1.165, 1.54) is 205 Å². The van der Waals surface area contributed by atoms with Crippen molar-refractivity contribution in [1.82, 2.24) is 0 Å². The molecule has 0 radical (unpaired) electrons. The summed E-state index contributed by atoms with van der Waals surface area (Å²) >= 11 is 0. The van der Waals surface area contributed by atoms with Crippen molar-refractivity contribution in [2.75, 3.05) is 54.1 Å². The quantitative estimate of drug-likeness (QED) is 0.0197. The molecule has 71 heavy (non-hydrogen) atoms. The van der Waals surface area contributed by atoms with Crippen LogP contribution in [0.5, 0.6) is 0 Å². The summed E-state index contributed by atoms with van der Waals surface area (Å²) in [6, 6.07) is 0. The molecule has 9 heteroatoms. The summed E-state index contributed by atoms with van der Waals surface area (Å²) in [6.45, 7) is 5.35. The molecule has 0 bridgehead atoms. The van der Waals surface area contributed by atoms with Crippen molar-refractivity contribution in [2.24, 2.45) is 0 Å². The molecular formula is C62H118NO7P. The first-order chi connectivity index (χ1) is 34.6. The van der Waals surface area contributed by atoms with Gasteiger partial charge in [0.2, 0.25) is 0 Å². The molecule has 0 saturated carbocycles. The summed E-state index contributed by atoms with van der Waals surface area (Å²) in [6.07, 6.45) is 70.2. The average molecular weight is 1020 g/mol. The van der Waals surface area contributed by atoms with Gasteiger partial charge in [-0.25, -0.2) is 0 Å². The first-order valence-electron chi connectivity index (χ1n) is 30.4. The largest absolute Gasteiger partial charge is 0.756 e. The molecule has 8 nitrogen and oxygen atoms in total. The Labute approximate surface area is 441 Å². The number of hydrogen-bond donors (Lipinski definition) is 0. The Morgan fingerprint density at radius 2 is 0.817 bits per heavy atom. The van der Waals surface area contributed by atoms with Crippen molar-refractivity contribution in [1.29, 1.82) is 0 Å². The number of esters is 1. The molecule has 2 unspecified atom stereocenters. The third-order valence-corrected chi connectivity index (χ3v) is 14.4. The number of likely N-dealkylation sites (N-methyl/N-ethyl adjacent to an activating group) is 1. The van der Waals surface area contributed by atoms with Crippen molar-refractivity contribution in [3.05, 3.63) is 48.6 Å². The van der Waals surface area contributed by atoms with E-state index in [0.29, 0.717) is 24.1 Å². The fourth-order valence-corrected chi connectivity index (χ4v) is 9.51. The van der Waals surface area contributed by atoms with Crippen molar-refractivity contribution in [2.45, 2.75) is 290 Å². The van der Waals surface area contributed by atoms with Gasteiger partial charge in [0.1, 0.15) is 19.3 Å². The number of rotatable bonds is 57. The zero-order valence-corrected chi connectivity index (χ0v) is 48.6. The van der Waals surface area contributed by atoms with E-state index in [9.17, 15) is 14.3 Å². The SMILES string of the molecule is CC/C=C\C/C=C\C/C=C\C/C=C\CCCCCCCCCCCCC(=O)OC(COCCCCCCCCCCCCCCCCCCCCCCCCCCCC)COP(=O)([O-])OCC[N+](C)(C)C. The van der Waals surface area contributed by atoms with Gasteiger partial charge in [-0.1, -0.05) is 274 Å². The number of nitrogens with zero attached hydrogens (tertiary/aromatic N) is 1. The molecule has 0 aromatic heterocycles. The molecule has 0 aliphatic carbocycles. The number of unbranched alkanes of at least 4 members (excludes halogenated alkanes) is 35. The lowest BCUT2D eigenvalue weighted by Crippen LogP contribution is -2.37. The monoisotopic (exact) mass is 1020 g/mol. The highest BCUT2D eigenvalue weighted by atomic mass is 31.2. The number of ether oxygens (including phenoxy) is 2. The minimum Gasteiger partial charge on any atom is -0.756 e. The minimum atomic E-state index is -4.54. The molecule has 0 rings (SSSR count). The van der Waals surface area contributed by atoms with E-state index in [1.54, 1.807) is 0 Å². The fraction of sp³-hybridized carbons (Fsp3) is 0.855. The molecular weight excluding hydrogens is 902 g/mol. The Kier molecular flexibility index (Phi) is 53.5. The number of allylic oxidation sites excluding steroid dienone is 8. The Morgan fingerprint density at radius 3 is 1.23 bits per heavy atom. The van der Waals surface area contributed by atoms with Crippen molar-refractivity contribution in [3.63, 3.8) is 0 Å². The average Bonchev–Trinajstić information content (AvgIpc) is 3.33. The standard InChI is InChI=1S/C62H118NO7P/c1-6-8-10-12-14-16-18-20-22-24-26-28-30-31-32-34-36-38-40-42-44-46-48-50-52-54-57-67-59-61(60-69-71(65,66)68-58-56-63(3,4)5)70-62(64)55-53-51-49-47-45-43-41-39-37-35-33-29-27-25-23-21-19-17-15-13-11-9-7-2/h9,11,15,17,21,23,27,29,61H,6-8,10,12-14,16,18-20,22,24-26,28,30-60H2,1-5H3/b11-9-,17-15-,23-21-,29-27-. The molecule has 0 aliphatic heterocycles. The van der Waals surface area contributed by atoms with Gasteiger partial charge in [-0.05, 0) is 51.4 Å². The summed E-state index contributed by atoms with van der Waals surface area (Å²) in [5.74, 6) is -0.334. The molecule has 2 atom stereocenters. The van der Waals surface area contributed by atoms with Gasteiger partial charge in [-0.3, -0.25) is 9.36 Å². The van der Waals surface area contributed by atoms with Crippen LogP contribution >= 0.6 is 7.82 Å². The summed E-state index contributed by atoms with van der Waals surface area (Å²) in [4.78, 5) is 25.3. The number of carbonyl (C=O) groups excluding carboxylic acids is 1. The summed E-state index contributed by atoms with van der Waals surface area (Å²) in [5.41, 5.74) is 0. The highest BCUT2D eigenvalue weighted by Gasteiger charge is 2.20. The van der Waals surface area contributed by atoms with Crippen molar-refractivity contribution >= 4 is 13.8 Å². The predicted octanol–water partition coefficient (Wildman–Crippen LogP) is 18.8. The third kappa shape index (κ3) is 59.2. The lowest BCUT2D eigenvalue weighted by molar-refractivity contribution is -0.870. The van der Waals surface area contributed by atoms with E-state index in [1.807, 2.05) is 21.1 Å². The lowest BCUT2D eigenvalue weighted by atomic mass is 10.0. The first-order valence-corrected chi connectivity index (χ1v) is 31.8. The third-order valence-electron chi connectivity index (χ3n) is 13.4. The second kappa shape index (κ2) is 54.7. The zero-order valence-electron chi connectivity index (χ0n) is 47.7. The van der Waals surface area contributed by atoms with E-state index < -0.39 is 13.9 Å². The number of phosphoric ester groups is 1. The topological polar surface area (TPSA) is 94.1 Å². The predicted molar refractivity (Wildman–Crippen MR) is 305 cm³/mol. The van der Waals surface area contributed by atoms with Crippen LogP contribution in [0, 0.1) is 0 Å². The van der Waals surface area contributed by atoms with Gasteiger partial charge in [-0.2, -0.15) is 0 Å². The van der Waals surface area contributed by atoms with Gasteiger partial charge in [0.15, 0.2) is 0 Å². The van der Waals surface area contributed by atoms with E-state index in [2.05, 4.69) is 62.5 Å². The van der Waals surface area contributed by atoms with Crippen LogP contribution in [0.2, 0.25) is 0 Å². The maximum Gasteiger partial charge on any atom is 0.306 e. The molecule has 0 N–H and O–H groups in total. The maximum absolute atomic E-state index is 12.8. The van der Waals surface area contributed by atoms with Gasteiger partial charge >= 0.3 is 5.97 Å². The van der Waals surface area contributed by atoms with Gasteiger partial charge < -0.3 is 27.9 Å². The van der Waals surface area contributed by atoms with Crippen LogP contribution < -0.4 is 4.89 Å². The zero-order chi connectivity index (χ0) is 51.9. The van der Waals surface area contributed by atoms with Crippen LogP contribution in [0.15, 0.2) is 48.6 Å². The van der Waals surface area contributed by atoms with Crippen LogP contribution in [0.3, 0.4) is 0 Å². The molecule has 0 aromatic rings. The van der Waals surface area contributed by atoms with Crippen molar-refractivity contribution in [3.8, 4) is 0 Å². The Morgan fingerprint density at radius 1 is 0.451 bits per heavy atom. The molecule has 418 valence electrons. The second-order valence-corrected chi connectivity index (χ2v) is 23.1. The summed E-state index contributed by atoms with van der Waals surface area (Å²) < 4.78 is 34.9. The Hall–Kier alpha value is -1.54. The van der Waals surface area contributed by atoms with Crippen LogP contribution in [0.4, 0.5) is 0 Å². The molecule has 0 heterocycles. The minimum absolute atomic E-state index is 0.0259.